The summed E-state index contributed by atoms with van der Waals surface area (Å²) in [5.41, 5.74) is 1.14. The maximum Gasteiger partial charge on any atom is 0.229 e. The Kier molecular flexibility index (Phi) is 7.07. The molecular formula is C22H28O6. The van der Waals surface area contributed by atoms with E-state index >= 15 is 0 Å². The molecule has 6 heteroatoms. The second-order valence-corrected chi connectivity index (χ2v) is 8.50. The molecule has 0 aromatic carbocycles. The van der Waals surface area contributed by atoms with E-state index in [2.05, 4.69) is 0 Å². The first-order chi connectivity index (χ1) is 12.7. The maximum atomic E-state index is 11.2. The molecule has 0 amide bonds. The smallest absolute Gasteiger partial charge is 0.229 e. The summed E-state index contributed by atoms with van der Waals surface area (Å²) in [6.45, 7) is 11.8. The Morgan fingerprint density at radius 3 is 1.00 bits per heavy atom. The van der Waals surface area contributed by atoms with Crippen molar-refractivity contribution in [3.63, 3.8) is 0 Å². The highest BCUT2D eigenvalue weighted by Crippen LogP contribution is 2.34. The van der Waals surface area contributed by atoms with Crippen molar-refractivity contribution in [1.29, 1.82) is 0 Å². The molecule has 0 fully saturated rings. The topological polar surface area (TPSA) is 86.7 Å². The summed E-state index contributed by atoms with van der Waals surface area (Å²) < 4.78 is 10.1. The van der Waals surface area contributed by atoms with Crippen molar-refractivity contribution in [2.75, 3.05) is 14.2 Å². The third-order valence-electron chi connectivity index (χ3n) is 4.15. The van der Waals surface area contributed by atoms with E-state index in [9.17, 15) is 19.2 Å². The molecule has 0 spiro atoms. The summed E-state index contributed by atoms with van der Waals surface area (Å²) in [5, 5.41) is 0. The van der Waals surface area contributed by atoms with Crippen LogP contribution < -0.4 is 0 Å². The van der Waals surface area contributed by atoms with Crippen LogP contribution in [0.1, 0.15) is 41.5 Å². The Hall–Kier alpha value is -2.76. The zero-order valence-corrected chi connectivity index (χ0v) is 17.8. The minimum atomic E-state index is -0.519. The van der Waals surface area contributed by atoms with Crippen LogP contribution in [0.25, 0.3) is 0 Å². The average Bonchev–Trinajstić information content (AvgIpc) is 2.57. The number of ketones is 4. The Bertz CT molecular complexity index is 750. The standard InChI is InChI=1S/2C11H14O3/c2*1-11(2,3)7-5-8(12)9(13)6-10(7)14-4/h2*5-6H,1-4H3. The number of hydrogen-bond acceptors (Lipinski definition) is 6. The highest BCUT2D eigenvalue weighted by molar-refractivity contribution is 6.47. The molecule has 2 aliphatic carbocycles. The van der Waals surface area contributed by atoms with Crippen molar-refractivity contribution in [2.24, 2.45) is 10.8 Å². The van der Waals surface area contributed by atoms with Gasteiger partial charge in [0.2, 0.25) is 23.1 Å². The minimum Gasteiger partial charge on any atom is -0.496 e. The lowest BCUT2D eigenvalue weighted by atomic mass is 9.82. The maximum absolute atomic E-state index is 11.2. The van der Waals surface area contributed by atoms with Crippen LogP contribution in [0, 0.1) is 10.8 Å². The Morgan fingerprint density at radius 1 is 0.536 bits per heavy atom. The van der Waals surface area contributed by atoms with E-state index in [0.29, 0.717) is 11.5 Å². The van der Waals surface area contributed by atoms with Crippen LogP contribution >= 0.6 is 0 Å². The molecule has 152 valence electrons. The van der Waals surface area contributed by atoms with E-state index in [4.69, 9.17) is 9.47 Å². The summed E-state index contributed by atoms with van der Waals surface area (Å²) in [7, 11) is 2.99. The molecule has 28 heavy (non-hydrogen) atoms. The second kappa shape index (κ2) is 8.50. The fraction of sp³-hybridized carbons (Fsp3) is 0.455. The number of allylic oxidation sites excluding steroid dienone is 6. The van der Waals surface area contributed by atoms with Crippen molar-refractivity contribution in [2.45, 2.75) is 41.5 Å². The van der Waals surface area contributed by atoms with Gasteiger partial charge in [0.25, 0.3) is 0 Å². The summed E-state index contributed by atoms with van der Waals surface area (Å²) in [6.07, 6.45) is 5.23. The molecular weight excluding hydrogens is 360 g/mol. The van der Waals surface area contributed by atoms with Gasteiger partial charge >= 0.3 is 0 Å². The zero-order valence-electron chi connectivity index (χ0n) is 17.8. The quantitative estimate of drug-likeness (QED) is 0.533. The molecule has 0 aromatic rings. The zero-order chi connectivity index (χ0) is 21.9. The van der Waals surface area contributed by atoms with Crippen molar-refractivity contribution >= 4 is 23.1 Å². The fourth-order valence-corrected chi connectivity index (χ4v) is 2.59. The van der Waals surface area contributed by atoms with Gasteiger partial charge in [-0.05, 0) is 23.0 Å². The third kappa shape index (κ3) is 5.62. The molecule has 0 aliphatic heterocycles. The minimum absolute atomic E-state index is 0.196. The van der Waals surface area contributed by atoms with Crippen LogP contribution in [-0.4, -0.2) is 37.4 Å². The largest absolute Gasteiger partial charge is 0.496 e. The Balaban J connectivity index is 0.000000280. The number of hydrogen-bond donors (Lipinski definition) is 0. The highest BCUT2D eigenvalue weighted by atomic mass is 16.5. The Labute approximate surface area is 166 Å². The summed E-state index contributed by atoms with van der Waals surface area (Å²) >= 11 is 0. The molecule has 2 rings (SSSR count). The first-order valence-electron chi connectivity index (χ1n) is 8.85. The predicted molar refractivity (Wildman–Crippen MR) is 105 cm³/mol. The van der Waals surface area contributed by atoms with Gasteiger partial charge in [-0.1, -0.05) is 41.5 Å². The number of ether oxygens (including phenoxy) is 2. The van der Waals surface area contributed by atoms with Crippen LogP contribution in [0.15, 0.2) is 47.0 Å². The Morgan fingerprint density at radius 2 is 0.786 bits per heavy atom. The first-order valence-corrected chi connectivity index (χ1v) is 8.85. The van der Waals surface area contributed by atoms with E-state index in [0.717, 1.165) is 11.1 Å². The molecule has 0 saturated carbocycles. The summed E-state index contributed by atoms with van der Waals surface area (Å²) in [6, 6.07) is 0. The van der Waals surface area contributed by atoms with Gasteiger partial charge in [0.15, 0.2) is 0 Å². The molecule has 6 nitrogen and oxygen atoms in total. The van der Waals surface area contributed by atoms with Gasteiger partial charge in [0.1, 0.15) is 11.5 Å². The molecule has 2 aliphatic rings. The van der Waals surface area contributed by atoms with Crippen LogP contribution in [-0.2, 0) is 28.7 Å². The van der Waals surface area contributed by atoms with Gasteiger partial charge in [-0.3, -0.25) is 19.2 Å². The molecule has 0 aromatic heterocycles. The van der Waals surface area contributed by atoms with Crippen LogP contribution in [0.5, 0.6) is 0 Å². The normalized spacial score (nSPS) is 17.7. The van der Waals surface area contributed by atoms with E-state index < -0.39 is 23.1 Å². The summed E-state index contributed by atoms with van der Waals surface area (Å²) in [4.78, 5) is 44.5. The molecule has 0 saturated heterocycles. The van der Waals surface area contributed by atoms with E-state index in [1.807, 2.05) is 41.5 Å². The lowest BCUT2D eigenvalue weighted by Crippen LogP contribution is -2.22. The molecule has 0 radical (unpaired) electrons. The predicted octanol–water partition coefficient (Wildman–Crippen LogP) is 3.28. The number of rotatable bonds is 2. The van der Waals surface area contributed by atoms with Gasteiger partial charge in [0.05, 0.1) is 14.2 Å². The lowest BCUT2D eigenvalue weighted by molar-refractivity contribution is -0.131. The van der Waals surface area contributed by atoms with E-state index in [1.54, 1.807) is 0 Å². The second-order valence-electron chi connectivity index (χ2n) is 8.50. The fourth-order valence-electron chi connectivity index (χ4n) is 2.59. The van der Waals surface area contributed by atoms with Gasteiger partial charge in [-0.15, -0.1) is 0 Å². The molecule has 0 atom stereocenters. The van der Waals surface area contributed by atoms with Crippen molar-refractivity contribution < 1.29 is 28.7 Å². The van der Waals surface area contributed by atoms with Gasteiger partial charge in [-0.25, -0.2) is 0 Å². The van der Waals surface area contributed by atoms with Crippen molar-refractivity contribution in [1.82, 2.24) is 0 Å². The lowest BCUT2D eigenvalue weighted by Gasteiger charge is -2.25. The number of carbonyl (C=O) groups excluding carboxylic acids is 4. The van der Waals surface area contributed by atoms with Gasteiger partial charge < -0.3 is 9.47 Å². The summed E-state index contributed by atoms with van der Waals surface area (Å²) in [5.74, 6) is -1.01. The third-order valence-corrected chi connectivity index (χ3v) is 4.15. The molecule has 0 unspecified atom stereocenters. The van der Waals surface area contributed by atoms with Crippen molar-refractivity contribution in [3.05, 3.63) is 47.0 Å². The van der Waals surface area contributed by atoms with Gasteiger partial charge in [0, 0.05) is 23.3 Å². The first kappa shape index (κ1) is 23.3. The van der Waals surface area contributed by atoms with Crippen LogP contribution in [0.4, 0.5) is 0 Å². The van der Waals surface area contributed by atoms with E-state index in [1.165, 1.54) is 38.5 Å². The SMILES string of the molecule is COC1=CC(=O)C(=O)C=C1C(C)(C)C.COC1=CC(=O)C(=O)C=C1C(C)(C)C. The molecule has 0 N–H and O–H groups in total. The van der Waals surface area contributed by atoms with Gasteiger partial charge in [-0.2, -0.15) is 0 Å². The van der Waals surface area contributed by atoms with Crippen molar-refractivity contribution in [3.8, 4) is 0 Å². The monoisotopic (exact) mass is 388 g/mol. The van der Waals surface area contributed by atoms with E-state index in [-0.39, 0.29) is 10.8 Å². The highest BCUT2D eigenvalue weighted by Gasteiger charge is 2.29. The average molecular weight is 388 g/mol. The number of methoxy groups -OCH3 is 2. The van der Waals surface area contributed by atoms with Crippen LogP contribution in [0.3, 0.4) is 0 Å². The molecule has 0 heterocycles. The number of carbonyl (C=O) groups is 4. The van der Waals surface area contributed by atoms with Crippen LogP contribution in [0.2, 0.25) is 0 Å². The molecule has 0 bridgehead atoms.